The first-order chi connectivity index (χ1) is 16.7. The first kappa shape index (κ1) is 23.9. The molecule has 178 valence electrons. The van der Waals surface area contributed by atoms with Gasteiger partial charge >= 0.3 is 5.97 Å². The molecule has 0 saturated carbocycles. The molecule has 1 atom stereocenters. The largest absolute Gasteiger partial charge is 0.448 e. The molecule has 4 rings (SSSR count). The minimum Gasteiger partial charge on any atom is -0.448 e. The zero-order valence-electron chi connectivity index (χ0n) is 18.7. The standard InChI is InChI=1S/C25H22N4O5S/c1-17(24(30)27-19-12-14-21(15-13-19)35(26,32)33)34-25(31)23-16-22(18-8-4-2-5-9-18)28-29(23)20-10-6-3-7-11-20/h2-17H,1H3,(H,27,30)(H2,26,32,33)/t17-/m0/s1. The van der Waals surface area contributed by atoms with Gasteiger partial charge in [-0.1, -0.05) is 48.5 Å². The van der Waals surface area contributed by atoms with Gasteiger partial charge in [0.15, 0.2) is 11.8 Å². The molecule has 0 radical (unpaired) electrons. The summed E-state index contributed by atoms with van der Waals surface area (Å²) in [7, 11) is -3.85. The van der Waals surface area contributed by atoms with Crippen molar-refractivity contribution in [1.82, 2.24) is 9.78 Å². The summed E-state index contributed by atoms with van der Waals surface area (Å²) >= 11 is 0. The van der Waals surface area contributed by atoms with Crippen LogP contribution >= 0.6 is 0 Å². The Labute approximate surface area is 202 Å². The van der Waals surface area contributed by atoms with E-state index in [0.29, 0.717) is 17.1 Å². The Morgan fingerprint density at radius 1 is 0.943 bits per heavy atom. The van der Waals surface area contributed by atoms with Crippen LogP contribution in [0, 0.1) is 0 Å². The van der Waals surface area contributed by atoms with Crippen LogP contribution in [0.4, 0.5) is 5.69 Å². The fraction of sp³-hybridized carbons (Fsp3) is 0.0800. The van der Waals surface area contributed by atoms with Crippen LogP contribution in [0.1, 0.15) is 17.4 Å². The Balaban J connectivity index is 1.53. The first-order valence-electron chi connectivity index (χ1n) is 10.6. The summed E-state index contributed by atoms with van der Waals surface area (Å²) in [6.07, 6.45) is -1.14. The average Bonchev–Trinajstić information content (AvgIpc) is 3.31. The summed E-state index contributed by atoms with van der Waals surface area (Å²) in [4.78, 5) is 25.6. The van der Waals surface area contributed by atoms with Crippen molar-refractivity contribution in [2.24, 2.45) is 5.14 Å². The molecule has 3 aromatic carbocycles. The van der Waals surface area contributed by atoms with Gasteiger partial charge in [-0.2, -0.15) is 5.10 Å². The molecule has 4 aromatic rings. The highest BCUT2D eigenvalue weighted by Crippen LogP contribution is 2.23. The van der Waals surface area contributed by atoms with Crippen molar-refractivity contribution in [2.75, 3.05) is 5.32 Å². The molecule has 0 fully saturated rings. The van der Waals surface area contributed by atoms with Gasteiger partial charge in [-0.25, -0.2) is 23.0 Å². The summed E-state index contributed by atoms with van der Waals surface area (Å²) in [6, 6.07) is 25.4. The number of sulfonamides is 1. The Hall–Kier alpha value is -4.28. The molecule has 0 bridgehead atoms. The van der Waals surface area contributed by atoms with E-state index in [-0.39, 0.29) is 10.6 Å². The number of anilines is 1. The second-order valence-corrected chi connectivity index (χ2v) is 9.20. The van der Waals surface area contributed by atoms with Crippen LogP contribution in [-0.2, 0) is 19.6 Å². The Morgan fingerprint density at radius 3 is 2.14 bits per heavy atom. The number of esters is 1. The molecule has 35 heavy (non-hydrogen) atoms. The lowest BCUT2D eigenvalue weighted by molar-refractivity contribution is -0.123. The van der Waals surface area contributed by atoms with Gasteiger partial charge in [0.1, 0.15) is 0 Å². The number of aromatic nitrogens is 2. The van der Waals surface area contributed by atoms with E-state index in [0.717, 1.165) is 5.56 Å². The van der Waals surface area contributed by atoms with E-state index in [1.807, 2.05) is 48.5 Å². The van der Waals surface area contributed by atoms with Crippen LogP contribution in [0.3, 0.4) is 0 Å². The van der Waals surface area contributed by atoms with Gasteiger partial charge in [0, 0.05) is 11.3 Å². The number of nitrogens with two attached hydrogens (primary N) is 1. The molecule has 0 aliphatic heterocycles. The third-order valence-corrected chi connectivity index (χ3v) is 6.02. The molecule has 9 nitrogen and oxygen atoms in total. The fourth-order valence-electron chi connectivity index (χ4n) is 3.29. The van der Waals surface area contributed by atoms with Crippen molar-refractivity contribution in [3.8, 4) is 16.9 Å². The van der Waals surface area contributed by atoms with Crippen molar-refractivity contribution >= 4 is 27.6 Å². The number of para-hydroxylation sites is 1. The molecule has 0 saturated heterocycles. The number of hydrogen-bond donors (Lipinski definition) is 2. The van der Waals surface area contributed by atoms with E-state index >= 15 is 0 Å². The summed E-state index contributed by atoms with van der Waals surface area (Å²) in [5, 5.41) is 12.2. The third-order valence-electron chi connectivity index (χ3n) is 5.09. The van der Waals surface area contributed by atoms with Crippen LogP contribution in [0.5, 0.6) is 0 Å². The van der Waals surface area contributed by atoms with Gasteiger partial charge in [0.2, 0.25) is 10.0 Å². The lowest BCUT2D eigenvalue weighted by Crippen LogP contribution is -2.30. The van der Waals surface area contributed by atoms with Crippen LogP contribution < -0.4 is 10.5 Å². The second-order valence-electron chi connectivity index (χ2n) is 7.63. The monoisotopic (exact) mass is 490 g/mol. The maximum Gasteiger partial charge on any atom is 0.357 e. The summed E-state index contributed by atoms with van der Waals surface area (Å²) in [5.41, 5.74) is 2.55. The fourth-order valence-corrected chi connectivity index (χ4v) is 3.80. The van der Waals surface area contributed by atoms with Crippen molar-refractivity contribution in [1.29, 1.82) is 0 Å². The van der Waals surface area contributed by atoms with Gasteiger partial charge in [-0.3, -0.25) is 4.79 Å². The Kier molecular flexibility index (Phi) is 6.76. The van der Waals surface area contributed by atoms with E-state index in [4.69, 9.17) is 9.88 Å². The van der Waals surface area contributed by atoms with Crippen LogP contribution in [0.2, 0.25) is 0 Å². The molecule has 1 amide bonds. The van der Waals surface area contributed by atoms with Gasteiger partial charge in [-0.05, 0) is 49.4 Å². The highest BCUT2D eigenvalue weighted by molar-refractivity contribution is 7.89. The predicted molar refractivity (Wildman–Crippen MR) is 130 cm³/mol. The number of nitrogens with zero attached hydrogens (tertiary/aromatic N) is 2. The highest BCUT2D eigenvalue weighted by Gasteiger charge is 2.24. The Morgan fingerprint density at radius 2 is 1.54 bits per heavy atom. The molecule has 1 aromatic heterocycles. The molecule has 3 N–H and O–H groups in total. The summed E-state index contributed by atoms with van der Waals surface area (Å²) < 4.78 is 29.7. The lowest BCUT2D eigenvalue weighted by Gasteiger charge is -2.14. The topological polar surface area (TPSA) is 133 Å². The van der Waals surface area contributed by atoms with Gasteiger partial charge in [0.05, 0.1) is 16.3 Å². The number of hydrogen-bond acceptors (Lipinski definition) is 6. The highest BCUT2D eigenvalue weighted by atomic mass is 32.2. The maximum atomic E-state index is 13.1. The number of primary sulfonamides is 1. The van der Waals surface area contributed by atoms with Crippen LogP contribution in [0.25, 0.3) is 16.9 Å². The minimum atomic E-state index is -3.85. The zero-order valence-corrected chi connectivity index (χ0v) is 19.5. The SMILES string of the molecule is C[C@H](OC(=O)c1cc(-c2ccccc2)nn1-c1ccccc1)C(=O)Nc1ccc(S(N)(=O)=O)cc1. The summed E-state index contributed by atoms with van der Waals surface area (Å²) in [5.74, 6) is -1.31. The normalized spacial score (nSPS) is 12.1. The van der Waals surface area contributed by atoms with Gasteiger partial charge in [-0.15, -0.1) is 0 Å². The number of carbonyl (C=O) groups is 2. The quantitative estimate of drug-likeness (QED) is 0.382. The van der Waals surface area contributed by atoms with Crippen molar-refractivity contribution < 1.29 is 22.7 Å². The number of benzene rings is 3. The van der Waals surface area contributed by atoms with E-state index in [9.17, 15) is 18.0 Å². The Bertz CT molecular complexity index is 1450. The smallest absolute Gasteiger partial charge is 0.357 e. The maximum absolute atomic E-state index is 13.1. The van der Waals surface area contributed by atoms with Crippen molar-refractivity contribution in [2.45, 2.75) is 17.9 Å². The van der Waals surface area contributed by atoms with Crippen LogP contribution in [0.15, 0.2) is 95.9 Å². The molecular weight excluding hydrogens is 468 g/mol. The first-order valence-corrected chi connectivity index (χ1v) is 12.1. The number of ether oxygens (including phenoxy) is 1. The van der Waals surface area contributed by atoms with Gasteiger partial charge in [0.25, 0.3) is 5.91 Å². The predicted octanol–water partition coefficient (Wildman–Crippen LogP) is 3.37. The lowest BCUT2D eigenvalue weighted by atomic mass is 10.1. The van der Waals surface area contributed by atoms with Crippen LogP contribution in [-0.4, -0.2) is 36.2 Å². The molecule has 0 spiro atoms. The molecular formula is C25H22N4O5S. The molecule has 0 aliphatic carbocycles. The molecule has 0 aliphatic rings. The van der Waals surface area contributed by atoms with Crippen molar-refractivity contribution in [3.05, 3.63) is 96.7 Å². The van der Waals surface area contributed by atoms with E-state index in [1.54, 1.807) is 18.2 Å². The van der Waals surface area contributed by atoms with E-state index in [2.05, 4.69) is 10.4 Å². The van der Waals surface area contributed by atoms with Gasteiger partial charge < -0.3 is 10.1 Å². The summed E-state index contributed by atoms with van der Waals surface area (Å²) in [6.45, 7) is 1.44. The molecule has 0 unspecified atom stereocenters. The number of amides is 1. The molecule has 10 heteroatoms. The third kappa shape index (κ3) is 5.62. The number of nitrogens with one attached hydrogen (secondary N) is 1. The number of carbonyl (C=O) groups excluding carboxylic acids is 2. The average molecular weight is 491 g/mol. The van der Waals surface area contributed by atoms with E-state index < -0.39 is 28.0 Å². The van der Waals surface area contributed by atoms with E-state index in [1.165, 1.54) is 35.9 Å². The zero-order chi connectivity index (χ0) is 25.0. The molecule has 1 heterocycles. The minimum absolute atomic E-state index is 0.0848. The second kappa shape index (κ2) is 9.92. The number of rotatable bonds is 7. The van der Waals surface area contributed by atoms with Crippen molar-refractivity contribution in [3.63, 3.8) is 0 Å².